The van der Waals surface area contributed by atoms with E-state index < -0.39 is 15.9 Å². The average Bonchev–Trinajstić information content (AvgIpc) is 2.96. The smallest absolute Gasteiger partial charge is 0.264 e. The molecule has 1 aliphatic rings. The van der Waals surface area contributed by atoms with E-state index in [4.69, 9.17) is 4.74 Å². The molecule has 1 aliphatic carbocycles. The lowest BCUT2D eigenvalue weighted by molar-refractivity contribution is 0.0894. The number of carbonyl (C=O) groups excluding carboxylic acids is 1. The number of hydrogen-bond donors (Lipinski definition) is 0. The van der Waals surface area contributed by atoms with Crippen LogP contribution in [0, 0.1) is 5.92 Å². The fourth-order valence-corrected chi connectivity index (χ4v) is 6.72. The van der Waals surface area contributed by atoms with Crippen molar-refractivity contribution in [3.8, 4) is 5.75 Å². The fraction of sp³-hybridized carbons (Fsp3) is 0.156. The van der Waals surface area contributed by atoms with Crippen molar-refractivity contribution in [3.05, 3.63) is 143 Å². The zero-order valence-corrected chi connectivity index (χ0v) is 22.1. The van der Waals surface area contributed by atoms with Crippen molar-refractivity contribution < 1.29 is 17.9 Å². The molecule has 0 fully saturated rings. The molecule has 0 unspecified atom stereocenters. The second kappa shape index (κ2) is 10.7. The SMILES string of the molecule is COc1ccc(S(=O)(=O)N(Cc2ccccc2)C2=C(C)[C@H](c3ccccc3)[C@H]2C(=O)c2ccccc2)cc1. The molecule has 0 saturated carbocycles. The molecule has 0 aromatic heterocycles. The number of sulfonamides is 1. The molecule has 4 aromatic rings. The summed E-state index contributed by atoms with van der Waals surface area (Å²) in [6, 6.07) is 34.7. The quantitative estimate of drug-likeness (QED) is 0.236. The zero-order chi connectivity index (χ0) is 26.7. The summed E-state index contributed by atoms with van der Waals surface area (Å²) in [6.07, 6.45) is 0. The maximum absolute atomic E-state index is 14.2. The highest BCUT2D eigenvalue weighted by Crippen LogP contribution is 2.51. The Morgan fingerprint density at radius 3 is 1.92 bits per heavy atom. The molecule has 0 bridgehead atoms. The second-order valence-electron chi connectivity index (χ2n) is 9.34. The van der Waals surface area contributed by atoms with Gasteiger partial charge in [-0.15, -0.1) is 0 Å². The third-order valence-electron chi connectivity index (χ3n) is 7.08. The first-order valence-electron chi connectivity index (χ1n) is 12.5. The van der Waals surface area contributed by atoms with E-state index in [0.29, 0.717) is 17.0 Å². The van der Waals surface area contributed by atoms with Crippen molar-refractivity contribution in [3.63, 3.8) is 0 Å². The number of nitrogens with zero attached hydrogens (tertiary/aromatic N) is 1. The van der Waals surface area contributed by atoms with Crippen molar-refractivity contribution >= 4 is 15.8 Å². The summed E-state index contributed by atoms with van der Waals surface area (Å²) >= 11 is 0. The summed E-state index contributed by atoms with van der Waals surface area (Å²) in [5.74, 6) is -0.387. The summed E-state index contributed by atoms with van der Waals surface area (Å²) in [4.78, 5) is 14.1. The second-order valence-corrected chi connectivity index (χ2v) is 11.2. The minimum Gasteiger partial charge on any atom is -0.497 e. The van der Waals surface area contributed by atoms with Crippen molar-refractivity contribution in [2.75, 3.05) is 7.11 Å². The molecule has 6 heteroatoms. The lowest BCUT2D eigenvalue weighted by Gasteiger charge is -2.45. The number of allylic oxidation sites excluding steroid dienone is 2. The van der Waals surface area contributed by atoms with Crippen LogP contribution in [0.1, 0.15) is 34.3 Å². The van der Waals surface area contributed by atoms with Crippen LogP contribution < -0.4 is 4.74 Å². The summed E-state index contributed by atoms with van der Waals surface area (Å²) in [7, 11) is -2.46. The van der Waals surface area contributed by atoms with Crippen molar-refractivity contribution in [1.29, 1.82) is 0 Å². The zero-order valence-electron chi connectivity index (χ0n) is 21.3. The van der Waals surface area contributed by atoms with E-state index in [1.807, 2.05) is 85.8 Å². The molecule has 0 spiro atoms. The Labute approximate surface area is 224 Å². The third kappa shape index (κ3) is 4.75. The van der Waals surface area contributed by atoms with Crippen LogP contribution in [0.5, 0.6) is 5.75 Å². The summed E-state index contributed by atoms with van der Waals surface area (Å²) in [6.45, 7) is 2.05. The van der Waals surface area contributed by atoms with Gasteiger partial charge in [-0.05, 0) is 47.9 Å². The number of methoxy groups -OCH3 is 1. The molecule has 0 amide bonds. The van der Waals surface area contributed by atoms with E-state index in [0.717, 1.165) is 16.7 Å². The van der Waals surface area contributed by atoms with Gasteiger partial charge in [0, 0.05) is 17.2 Å². The predicted molar refractivity (Wildman–Crippen MR) is 148 cm³/mol. The fourth-order valence-electron chi connectivity index (χ4n) is 5.15. The Kier molecular flexibility index (Phi) is 7.16. The van der Waals surface area contributed by atoms with Crippen LogP contribution >= 0.6 is 0 Å². The lowest BCUT2D eigenvalue weighted by Crippen LogP contribution is -2.45. The first-order chi connectivity index (χ1) is 18.4. The average molecular weight is 524 g/mol. The Morgan fingerprint density at radius 1 is 0.789 bits per heavy atom. The van der Waals surface area contributed by atoms with Gasteiger partial charge in [-0.1, -0.05) is 91.0 Å². The maximum atomic E-state index is 14.2. The summed E-state index contributed by atoms with van der Waals surface area (Å²) in [5, 5.41) is 0. The van der Waals surface area contributed by atoms with Gasteiger partial charge < -0.3 is 4.74 Å². The molecule has 5 nitrogen and oxygen atoms in total. The molecule has 2 atom stereocenters. The minimum atomic E-state index is -4.00. The molecule has 5 rings (SSSR count). The van der Waals surface area contributed by atoms with E-state index >= 15 is 0 Å². The Bertz CT molecular complexity index is 1550. The summed E-state index contributed by atoms with van der Waals surface area (Å²) < 4.78 is 35.1. The standard InChI is InChI=1S/C32H29NO4S/c1-23-29(25-14-8-4-9-15-25)30(32(34)26-16-10-5-11-17-26)31(23)33(22-24-12-6-3-7-13-24)38(35,36)28-20-18-27(37-2)19-21-28/h3-21,29-30H,22H2,1-2H3/t29-,30-/m1/s1. The van der Waals surface area contributed by atoms with Gasteiger partial charge in [0.15, 0.2) is 5.78 Å². The molecule has 0 saturated heterocycles. The van der Waals surface area contributed by atoms with Gasteiger partial charge in [0.2, 0.25) is 0 Å². The molecule has 38 heavy (non-hydrogen) atoms. The maximum Gasteiger partial charge on any atom is 0.264 e. The minimum absolute atomic E-state index is 0.0944. The van der Waals surface area contributed by atoms with Crippen molar-refractivity contribution in [2.45, 2.75) is 24.3 Å². The molecule has 0 heterocycles. The number of Topliss-reactive ketones (excluding diaryl/α,β-unsaturated/α-hetero) is 1. The van der Waals surface area contributed by atoms with Crippen molar-refractivity contribution in [1.82, 2.24) is 4.31 Å². The number of rotatable bonds is 9. The summed E-state index contributed by atoms with van der Waals surface area (Å²) in [5.41, 5.74) is 3.79. The van der Waals surface area contributed by atoms with Gasteiger partial charge >= 0.3 is 0 Å². The van der Waals surface area contributed by atoms with E-state index in [-0.39, 0.29) is 23.1 Å². The van der Waals surface area contributed by atoms with E-state index in [1.165, 1.54) is 11.4 Å². The van der Waals surface area contributed by atoms with E-state index in [9.17, 15) is 13.2 Å². The van der Waals surface area contributed by atoms with Crippen molar-refractivity contribution in [2.24, 2.45) is 5.92 Å². The van der Waals surface area contributed by atoms with Crippen LogP contribution in [0.4, 0.5) is 0 Å². The van der Waals surface area contributed by atoms with Gasteiger partial charge in [-0.3, -0.25) is 9.10 Å². The molecule has 0 radical (unpaired) electrons. The molecular weight excluding hydrogens is 494 g/mol. The lowest BCUT2D eigenvalue weighted by atomic mass is 9.65. The van der Waals surface area contributed by atoms with E-state index in [1.54, 1.807) is 36.4 Å². The number of ether oxygens (including phenoxy) is 1. The number of carbonyl (C=O) groups is 1. The van der Waals surface area contributed by atoms with Crippen LogP contribution in [0.15, 0.2) is 131 Å². The molecular formula is C32H29NO4S. The van der Waals surface area contributed by atoms with Gasteiger partial charge in [0.05, 0.1) is 24.5 Å². The first-order valence-corrected chi connectivity index (χ1v) is 13.9. The molecule has 4 aromatic carbocycles. The van der Waals surface area contributed by atoms with Crippen LogP contribution in [0.25, 0.3) is 0 Å². The van der Waals surface area contributed by atoms with E-state index in [2.05, 4.69) is 0 Å². The monoisotopic (exact) mass is 523 g/mol. The van der Waals surface area contributed by atoms with Crippen LogP contribution in [0.2, 0.25) is 0 Å². The highest BCUT2D eigenvalue weighted by molar-refractivity contribution is 7.89. The van der Waals surface area contributed by atoms with Crippen LogP contribution in [0.3, 0.4) is 0 Å². The highest BCUT2D eigenvalue weighted by atomic mass is 32.2. The Balaban J connectivity index is 1.66. The Morgan fingerprint density at radius 2 is 1.34 bits per heavy atom. The van der Waals surface area contributed by atoms with Crippen LogP contribution in [-0.2, 0) is 16.6 Å². The predicted octanol–water partition coefficient (Wildman–Crippen LogP) is 6.46. The van der Waals surface area contributed by atoms with Gasteiger partial charge in [0.1, 0.15) is 5.75 Å². The Hall–Kier alpha value is -4.16. The normalized spacial score (nSPS) is 17.0. The van der Waals surface area contributed by atoms with Gasteiger partial charge in [-0.2, -0.15) is 0 Å². The largest absolute Gasteiger partial charge is 0.497 e. The topological polar surface area (TPSA) is 63.7 Å². The molecule has 192 valence electrons. The third-order valence-corrected chi connectivity index (χ3v) is 8.86. The van der Waals surface area contributed by atoms with Gasteiger partial charge in [-0.25, -0.2) is 8.42 Å². The van der Waals surface area contributed by atoms with Gasteiger partial charge in [0.25, 0.3) is 10.0 Å². The number of ketones is 1. The number of benzene rings is 4. The van der Waals surface area contributed by atoms with Crippen LogP contribution in [-0.4, -0.2) is 25.6 Å². The number of hydrogen-bond acceptors (Lipinski definition) is 4. The molecule has 0 N–H and O–H groups in total. The highest BCUT2D eigenvalue weighted by Gasteiger charge is 2.48. The molecule has 0 aliphatic heterocycles. The first kappa shape index (κ1) is 25.5.